The summed E-state index contributed by atoms with van der Waals surface area (Å²) in [6.07, 6.45) is -0.613. The van der Waals surface area contributed by atoms with Crippen LogP contribution in [-0.2, 0) is 16.2 Å². The van der Waals surface area contributed by atoms with Gasteiger partial charge in [0, 0.05) is 25.5 Å². The van der Waals surface area contributed by atoms with Crippen LogP contribution in [0.5, 0.6) is 5.75 Å². The van der Waals surface area contributed by atoms with Crippen molar-refractivity contribution in [2.45, 2.75) is 99.2 Å². The maximum atomic E-state index is 12.2. The molecular weight excluding hydrogens is 815 g/mol. The molecule has 0 saturated heterocycles. The molecule has 336 valence electrons. The summed E-state index contributed by atoms with van der Waals surface area (Å²) >= 11 is 0. The van der Waals surface area contributed by atoms with Gasteiger partial charge in [-0.15, -0.1) is 0 Å². The van der Waals surface area contributed by atoms with Crippen LogP contribution in [0.3, 0.4) is 0 Å². The van der Waals surface area contributed by atoms with E-state index in [0.29, 0.717) is 50.1 Å². The third-order valence-corrected chi connectivity index (χ3v) is 12.4. The number of para-hydroxylation sites is 1. The van der Waals surface area contributed by atoms with Gasteiger partial charge in [-0.25, -0.2) is 4.98 Å². The first-order chi connectivity index (χ1) is 37.1. The Morgan fingerprint density at radius 1 is 0.552 bits per heavy atom. The van der Waals surface area contributed by atoms with E-state index in [9.17, 15) is 10.6 Å². The lowest BCUT2D eigenvalue weighted by Crippen LogP contribution is -2.13. The Kier molecular flexibility index (Phi) is 8.07. The molecule has 0 spiro atoms. The van der Waals surface area contributed by atoms with E-state index in [1.165, 1.54) is 0 Å². The van der Waals surface area contributed by atoms with Crippen LogP contribution in [0.1, 0.15) is 114 Å². The van der Waals surface area contributed by atoms with Gasteiger partial charge >= 0.3 is 0 Å². The Hall–Kier alpha value is -7.04. The number of aromatic hydroxyl groups is 1. The lowest BCUT2D eigenvalue weighted by molar-refractivity contribution is 0.471. The largest absolute Gasteiger partial charge is 0.507 e. The van der Waals surface area contributed by atoms with E-state index in [2.05, 4.69) is 58.7 Å². The zero-order valence-corrected chi connectivity index (χ0v) is 39.8. The molecule has 9 rings (SSSR count). The van der Waals surface area contributed by atoms with Crippen molar-refractivity contribution in [2.24, 2.45) is 0 Å². The van der Waals surface area contributed by atoms with Gasteiger partial charge in [0.25, 0.3) is 0 Å². The molecule has 4 heteroatoms. The van der Waals surface area contributed by atoms with Crippen molar-refractivity contribution in [2.75, 3.05) is 0 Å². The monoisotopic (exact) mass is 891 g/mol. The highest BCUT2D eigenvalue weighted by molar-refractivity contribution is 5.97. The van der Waals surface area contributed by atoms with Crippen molar-refractivity contribution in [3.63, 3.8) is 0 Å². The third kappa shape index (κ3) is 8.74. The number of pyridine rings is 1. The fourth-order valence-electron chi connectivity index (χ4n) is 8.74. The fraction of sp³-hybridized carbons (Fsp3) is 0.238. The lowest BCUT2D eigenvalue weighted by atomic mass is 9.78. The maximum Gasteiger partial charge on any atom is 0.149 e. The Bertz CT molecular complexity index is 3940. The first-order valence-electron chi connectivity index (χ1n) is 29.1. The SMILES string of the molecule is [2H]c1nc(-c2cc(-c3cccc4c3nc(-c3cc(C(C)(C)C)cc(C)c3O)n4-c3ccc(-c4c(-c5ccccc5)cccc4C(C)(C)C)cc3C([2H])([2H])[2H])cc(C(C)(C)C)c2)c([2H])c(-c2c([2H])c([2H])c(C([2H])([2H])[2H])c([2H])c2[2H])c1[2H]. The number of imidazole rings is 1. The summed E-state index contributed by atoms with van der Waals surface area (Å²) in [4.78, 5) is 9.85. The Morgan fingerprint density at radius 2 is 1.25 bits per heavy atom. The van der Waals surface area contributed by atoms with E-state index >= 15 is 0 Å². The number of aryl methyl sites for hydroxylation is 2. The average molecular weight is 891 g/mol. The molecule has 1 N–H and O–H groups in total. The van der Waals surface area contributed by atoms with Gasteiger partial charge in [0.1, 0.15) is 11.6 Å². The molecule has 0 atom stereocenters. The van der Waals surface area contributed by atoms with Crippen molar-refractivity contribution in [3.05, 3.63) is 191 Å². The minimum Gasteiger partial charge on any atom is -0.507 e. The van der Waals surface area contributed by atoms with Crippen LogP contribution in [0.2, 0.25) is 0 Å². The Labute approximate surface area is 416 Å². The number of benzene rings is 7. The van der Waals surface area contributed by atoms with Crippen LogP contribution in [-0.4, -0.2) is 19.6 Å². The van der Waals surface area contributed by atoms with Gasteiger partial charge in [0.05, 0.1) is 37.6 Å². The summed E-state index contributed by atoms with van der Waals surface area (Å²) in [7, 11) is 0. The molecule has 2 heterocycles. The number of rotatable bonds is 7. The van der Waals surface area contributed by atoms with Crippen molar-refractivity contribution >= 4 is 11.0 Å². The predicted molar refractivity (Wildman–Crippen MR) is 283 cm³/mol. The van der Waals surface area contributed by atoms with Crippen molar-refractivity contribution < 1.29 is 22.9 Å². The van der Waals surface area contributed by atoms with Crippen molar-refractivity contribution in [3.8, 4) is 78.6 Å². The summed E-state index contributed by atoms with van der Waals surface area (Å²) in [5, 5.41) is 12.2. The number of aromatic nitrogens is 3. The summed E-state index contributed by atoms with van der Waals surface area (Å²) in [5.41, 5.74) is 6.92. The molecule has 7 aromatic carbocycles. The lowest BCUT2D eigenvalue weighted by Gasteiger charge is -2.26. The minimum absolute atomic E-state index is 0.0320. The van der Waals surface area contributed by atoms with Crippen molar-refractivity contribution in [1.29, 1.82) is 0 Å². The van der Waals surface area contributed by atoms with Gasteiger partial charge in [-0.05, 0) is 152 Å². The first kappa shape index (κ1) is 31.8. The Morgan fingerprint density at radius 3 is 1.96 bits per heavy atom. The molecule has 0 radical (unpaired) electrons. The maximum absolute atomic E-state index is 12.2. The van der Waals surface area contributed by atoms with E-state index in [1.54, 1.807) is 22.8 Å². The van der Waals surface area contributed by atoms with Gasteiger partial charge in [-0.2, -0.15) is 0 Å². The minimum atomic E-state index is -3.00. The second-order valence-corrected chi connectivity index (χ2v) is 20.5. The quantitative estimate of drug-likeness (QED) is 0.173. The number of hydrogen-bond donors (Lipinski definition) is 1. The summed E-state index contributed by atoms with van der Waals surface area (Å²) < 4.78 is 116. The molecule has 0 aliphatic rings. The van der Waals surface area contributed by atoms with Gasteiger partial charge in [-0.3, -0.25) is 9.55 Å². The van der Waals surface area contributed by atoms with Gasteiger partial charge < -0.3 is 5.11 Å². The molecule has 0 aliphatic carbocycles. The molecule has 67 heavy (non-hydrogen) atoms. The van der Waals surface area contributed by atoms with E-state index in [4.69, 9.17) is 17.3 Å². The summed E-state index contributed by atoms with van der Waals surface area (Å²) in [6, 6.07) is 32.3. The molecule has 2 aromatic heterocycles. The second-order valence-electron chi connectivity index (χ2n) is 20.5. The van der Waals surface area contributed by atoms with Crippen LogP contribution in [0.25, 0.3) is 83.9 Å². The van der Waals surface area contributed by atoms with Crippen LogP contribution in [0, 0.1) is 20.6 Å². The number of phenols is 1. The van der Waals surface area contributed by atoms with Crippen LogP contribution in [0.4, 0.5) is 0 Å². The molecule has 0 unspecified atom stereocenters. The van der Waals surface area contributed by atoms with Crippen molar-refractivity contribution in [1.82, 2.24) is 14.5 Å². The number of phenolic OH excluding ortho intramolecular Hbond substituents is 1. The van der Waals surface area contributed by atoms with Gasteiger partial charge in [0.2, 0.25) is 0 Å². The molecule has 0 bridgehead atoms. The highest BCUT2D eigenvalue weighted by Gasteiger charge is 2.27. The normalized spacial score (nSPS) is 15.4. The zero-order chi connectivity index (χ0) is 58.7. The number of nitrogens with zero attached hydrogens (tertiary/aromatic N) is 3. The molecule has 0 saturated carbocycles. The van der Waals surface area contributed by atoms with Gasteiger partial charge in [-0.1, -0.05) is 171 Å². The number of hydrogen-bond acceptors (Lipinski definition) is 3. The Balaban J connectivity index is 1.36. The van der Waals surface area contributed by atoms with E-state index < -0.39 is 78.2 Å². The first-order valence-corrected chi connectivity index (χ1v) is 22.6. The van der Waals surface area contributed by atoms with Crippen LogP contribution >= 0.6 is 0 Å². The van der Waals surface area contributed by atoms with Gasteiger partial charge in [0.15, 0.2) is 0 Å². The van der Waals surface area contributed by atoms with E-state index in [1.807, 2.05) is 113 Å². The highest BCUT2D eigenvalue weighted by Crippen LogP contribution is 2.45. The molecule has 0 fully saturated rings. The number of fused-ring (bicyclic) bond motifs is 1. The third-order valence-electron chi connectivity index (χ3n) is 12.4. The molecule has 0 amide bonds. The smallest absolute Gasteiger partial charge is 0.149 e. The molecule has 0 aliphatic heterocycles. The standard InChI is InChI=1S/C63H63N3O/c1-39-24-26-42(27-25-39)44-30-31-64-54(37-44)47-34-46(35-49(36-47)62(7,8)9)51-21-17-23-56-58(51)65-60(52-38-48(61(4,5)6)33-41(3)59(52)67)66(56)55-29-28-45(32-40(55)2)57-50(43-18-14-13-15-19-43)20-16-22-53(57)63(10,11)12/h13-38,67H,1-12H3/i1D3,2D3,24D,25D,26D,27D,30D,31D,37D. The zero-order valence-electron chi connectivity index (χ0n) is 52.8. The van der Waals surface area contributed by atoms with Crippen LogP contribution < -0.4 is 0 Å². The molecule has 9 aromatic rings. The highest BCUT2D eigenvalue weighted by atomic mass is 16.3. The summed E-state index contributed by atoms with van der Waals surface area (Å²) in [6.45, 7) is 14.8. The van der Waals surface area contributed by atoms with E-state index in [-0.39, 0.29) is 33.7 Å². The summed E-state index contributed by atoms with van der Waals surface area (Å²) in [5.74, 6) is 0.245. The average Bonchev–Trinajstić information content (AvgIpc) is 3.76. The van der Waals surface area contributed by atoms with E-state index in [0.717, 1.165) is 33.4 Å². The van der Waals surface area contributed by atoms with Crippen LogP contribution in [0.15, 0.2) is 158 Å². The topological polar surface area (TPSA) is 50.9 Å². The molecule has 4 nitrogen and oxygen atoms in total. The fourth-order valence-corrected chi connectivity index (χ4v) is 8.74. The second kappa shape index (κ2) is 17.0. The molecular formula is C63H63N3O. The predicted octanol–water partition coefficient (Wildman–Crippen LogP) is 16.9.